The lowest BCUT2D eigenvalue weighted by molar-refractivity contribution is -0.140. The molecule has 8 nitrogen and oxygen atoms in total. The van der Waals surface area contributed by atoms with Gasteiger partial charge in [-0.2, -0.15) is 0 Å². The molecule has 0 radical (unpaired) electrons. The minimum Gasteiger partial charge on any atom is -0.390 e. The number of nitrogens with zero attached hydrogens (tertiary/aromatic N) is 2. The van der Waals surface area contributed by atoms with Crippen LogP contribution >= 0.6 is 11.3 Å². The van der Waals surface area contributed by atoms with Gasteiger partial charge in [0.15, 0.2) is 5.78 Å². The van der Waals surface area contributed by atoms with E-state index in [1.54, 1.807) is 10.4 Å². The molecule has 3 rings (SSSR count). The fourth-order valence-corrected chi connectivity index (χ4v) is 7.32. The summed E-state index contributed by atoms with van der Waals surface area (Å²) < 4.78 is 0. The summed E-state index contributed by atoms with van der Waals surface area (Å²) >= 11 is 1.45. The van der Waals surface area contributed by atoms with Crippen LogP contribution in [0.25, 0.3) is 0 Å². The number of hydrogen-bond donors (Lipinski definition) is 3. The number of Topliss-reactive ketones (excluding diaryl/α,β-unsaturated/α-hetero) is 1. The van der Waals surface area contributed by atoms with Crippen molar-refractivity contribution in [3.8, 4) is 0 Å². The van der Waals surface area contributed by atoms with Gasteiger partial charge in [0, 0.05) is 30.7 Å². The highest BCUT2D eigenvalue weighted by molar-refractivity contribution is 7.07. The van der Waals surface area contributed by atoms with Crippen molar-refractivity contribution in [2.75, 3.05) is 13.1 Å². The van der Waals surface area contributed by atoms with Gasteiger partial charge in [-0.3, -0.25) is 14.4 Å². The maximum absolute atomic E-state index is 14.0. The maximum atomic E-state index is 14.0. The van der Waals surface area contributed by atoms with E-state index in [2.05, 4.69) is 10.3 Å². The molecule has 244 valence electrons. The molecule has 0 aliphatic heterocycles. The summed E-state index contributed by atoms with van der Waals surface area (Å²) in [6.45, 7) is 8.34. The molecule has 2 amide bonds. The van der Waals surface area contributed by atoms with Gasteiger partial charge in [0.05, 0.1) is 35.8 Å². The van der Waals surface area contributed by atoms with Gasteiger partial charge in [-0.05, 0) is 43.4 Å². The van der Waals surface area contributed by atoms with Crippen LogP contribution in [0.4, 0.5) is 0 Å². The van der Waals surface area contributed by atoms with Crippen LogP contribution in [-0.2, 0) is 20.8 Å². The molecule has 3 N–H and O–H groups in total. The number of amides is 2. The average molecular weight is 620 g/mol. The standard InChI is InChI=1S/C34H57N3O5S/c1-23(2)15-30(38)33(41)29(16-25-11-7-5-8-12-25)36-34(42)27(17-28-21-43-22-35-28)18-32(40)37(20-31(39)24(3)4)19-26-13-9-6-10-14-26/h21-27,29-30,33,38,41H,5-20H2,1-4H3,(H,36,42)/t27-,29+,30+,33-/m1/s1. The highest BCUT2D eigenvalue weighted by Crippen LogP contribution is 2.30. The van der Waals surface area contributed by atoms with Crippen LogP contribution < -0.4 is 5.32 Å². The number of ketones is 1. The van der Waals surface area contributed by atoms with Gasteiger partial charge in [-0.15, -0.1) is 11.3 Å². The molecule has 2 saturated carbocycles. The Morgan fingerprint density at radius 1 is 0.977 bits per heavy atom. The summed E-state index contributed by atoms with van der Waals surface area (Å²) in [6, 6.07) is -0.599. The fourth-order valence-electron chi connectivity index (χ4n) is 6.75. The predicted octanol–water partition coefficient (Wildman–Crippen LogP) is 5.55. The summed E-state index contributed by atoms with van der Waals surface area (Å²) in [5, 5.41) is 27.1. The second kappa shape index (κ2) is 18.2. The third-order valence-corrected chi connectivity index (χ3v) is 10.1. The lowest BCUT2D eigenvalue weighted by Crippen LogP contribution is -2.52. The molecule has 43 heavy (non-hydrogen) atoms. The van der Waals surface area contributed by atoms with E-state index in [0.29, 0.717) is 37.6 Å². The molecule has 0 spiro atoms. The number of aliphatic hydroxyl groups is 2. The second-order valence-corrected chi connectivity index (χ2v) is 14.7. The summed E-state index contributed by atoms with van der Waals surface area (Å²) in [6.07, 6.45) is 10.5. The molecule has 0 bridgehead atoms. The lowest BCUT2D eigenvalue weighted by atomic mass is 9.82. The molecule has 2 fully saturated rings. The van der Waals surface area contributed by atoms with Crippen molar-refractivity contribution in [1.29, 1.82) is 0 Å². The van der Waals surface area contributed by atoms with Crippen molar-refractivity contribution in [1.82, 2.24) is 15.2 Å². The van der Waals surface area contributed by atoms with Crippen LogP contribution in [0.1, 0.15) is 117 Å². The summed E-state index contributed by atoms with van der Waals surface area (Å²) in [7, 11) is 0. The minimum absolute atomic E-state index is 0.0255. The van der Waals surface area contributed by atoms with E-state index >= 15 is 0 Å². The quantitative estimate of drug-likeness (QED) is 0.210. The minimum atomic E-state index is -1.09. The Morgan fingerprint density at radius 3 is 2.16 bits per heavy atom. The van der Waals surface area contributed by atoms with Gasteiger partial charge in [-0.25, -0.2) is 4.98 Å². The maximum Gasteiger partial charge on any atom is 0.224 e. The normalized spacial score (nSPS) is 19.6. The lowest BCUT2D eigenvalue weighted by Gasteiger charge is -2.34. The number of aromatic nitrogens is 1. The van der Waals surface area contributed by atoms with E-state index in [9.17, 15) is 24.6 Å². The third-order valence-electron chi connectivity index (χ3n) is 9.44. The van der Waals surface area contributed by atoms with Crippen LogP contribution in [0.2, 0.25) is 0 Å². The van der Waals surface area contributed by atoms with Crippen LogP contribution in [0.5, 0.6) is 0 Å². The van der Waals surface area contributed by atoms with E-state index in [4.69, 9.17) is 0 Å². The molecule has 1 aromatic heterocycles. The molecule has 9 heteroatoms. The molecule has 0 saturated heterocycles. The van der Waals surface area contributed by atoms with Crippen molar-refractivity contribution >= 4 is 28.9 Å². The highest BCUT2D eigenvalue weighted by atomic mass is 32.1. The van der Waals surface area contributed by atoms with Crippen LogP contribution in [0.3, 0.4) is 0 Å². The number of hydrogen-bond acceptors (Lipinski definition) is 7. The number of thiazole rings is 1. The zero-order valence-electron chi connectivity index (χ0n) is 27.0. The first-order valence-electron chi connectivity index (χ1n) is 16.9. The Balaban J connectivity index is 1.79. The van der Waals surface area contributed by atoms with Crippen molar-refractivity contribution < 1.29 is 24.6 Å². The predicted molar refractivity (Wildman–Crippen MR) is 172 cm³/mol. The van der Waals surface area contributed by atoms with Gasteiger partial charge in [-0.1, -0.05) is 79.1 Å². The van der Waals surface area contributed by atoms with E-state index < -0.39 is 24.2 Å². The molecular formula is C34H57N3O5S. The van der Waals surface area contributed by atoms with Gasteiger partial charge in [0.1, 0.15) is 6.10 Å². The Labute approximate surface area is 263 Å². The van der Waals surface area contributed by atoms with Crippen molar-refractivity contribution in [3.63, 3.8) is 0 Å². The first-order chi connectivity index (χ1) is 20.5. The molecular weight excluding hydrogens is 562 g/mol. The zero-order chi connectivity index (χ0) is 31.4. The number of carbonyl (C=O) groups excluding carboxylic acids is 3. The summed E-state index contributed by atoms with van der Waals surface area (Å²) in [5.41, 5.74) is 2.47. The van der Waals surface area contributed by atoms with Crippen LogP contribution in [-0.4, -0.2) is 69.0 Å². The van der Waals surface area contributed by atoms with Gasteiger partial charge in [0.2, 0.25) is 11.8 Å². The van der Waals surface area contributed by atoms with E-state index in [1.807, 2.05) is 33.1 Å². The molecule has 1 aromatic rings. The number of carbonyl (C=O) groups is 3. The molecule has 0 unspecified atom stereocenters. The number of nitrogens with one attached hydrogen (secondary N) is 1. The number of rotatable bonds is 17. The first kappa shape index (κ1) is 35.6. The van der Waals surface area contributed by atoms with Crippen molar-refractivity contribution in [2.24, 2.45) is 29.6 Å². The molecule has 2 aliphatic carbocycles. The molecule has 1 heterocycles. The Morgan fingerprint density at radius 2 is 1.60 bits per heavy atom. The van der Waals surface area contributed by atoms with Gasteiger partial charge >= 0.3 is 0 Å². The summed E-state index contributed by atoms with van der Waals surface area (Å²) in [5.74, 6) is -0.359. The van der Waals surface area contributed by atoms with Crippen molar-refractivity contribution in [3.05, 3.63) is 16.6 Å². The van der Waals surface area contributed by atoms with Crippen LogP contribution in [0.15, 0.2) is 10.9 Å². The Hall–Kier alpha value is -1.84. The van der Waals surface area contributed by atoms with Crippen LogP contribution in [0, 0.1) is 29.6 Å². The van der Waals surface area contributed by atoms with E-state index in [1.165, 1.54) is 24.2 Å². The van der Waals surface area contributed by atoms with E-state index in [-0.39, 0.29) is 42.4 Å². The third kappa shape index (κ3) is 12.2. The first-order valence-corrected chi connectivity index (χ1v) is 17.8. The summed E-state index contributed by atoms with van der Waals surface area (Å²) in [4.78, 5) is 46.7. The average Bonchev–Trinajstić information content (AvgIpc) is 3.49. The highest BCUT2D eigenvalue weighted by Gasteiger charge is 2.34. The van der Waals surface area contributed by atoms with E-state index in [0.717, 1.165) is 57.1 Å². The fraction of sp³-hybridized carbons (Fsp3) is 0.824. The zero-order valence-corrected chi connectivity index (χ0v) is 27.8. The smallest absolute Gasteiger partial charge is 0.224 e. The molecule has 0 aromatic carbocycles. The monoisotopic (exact) mass is 619 g/mol. The van der Waals surface area contributed by atoms with Crippen molar-refractivity contribution in [2.45, 2.75) is 136 Å². The Kier molecular flexibility index (Phi) is 15.1. The second-order valence-electron chi connectivity index (χ2n) is 14.0. The molecule has 4 atom stereocenters. The number of aliphatic hydroxyl groups excluding tert-OH is 2. The van der Waals surface area contributed by atoms with Gasteiger partial charge in [0.25, 0.3) is 0 Å². The Bertz CT molecular complexity index is 973. The topological polar surface area (TPSA) is 120 Å². The SMILES string of the molecule is CC(C)C[C@H](O)[C@H](O)[C@H](CC1CCCCC1)NC(=O)[C@@H](CC(=O)N(CC(=O)C(C)C)CC1CCCCC1)Cc1cscn1. The van der Waals surface area contributed by atoms with Gasteiger partial charge < -0.3 is 20.4 Å². The molecule has 2 aliphatic rings. The largest absolute Gasteiger partial charge is 0.390 e.